The SMILES string of the molecule is CC1(C)CC[C@@]2(C)CC[C@@H]3[C@@]4(C)CC[C@H]5C(C)(C)C(=O)[C@@H](O)C[C@@]5(C)[C@H]4CC[C@]3(C)[C@H]2C1. The van der Waals surface area contributed by atoms with Gasteiger partial charge in [0.15, 0.2) is 5.78 Å². The van der Waals surface area contributed by atoms with Crippen LogP contribution in [0.15, 0.2) is 0 Å². The summed E-state index contributed by atoms with van der Waals surface area (Å²) in [4.78, 5) is 13.0. The van der Waals surface area contributed by atoms with Gasteiger partial charge in [0, 0.05) is 5.41 Å². The molecule has 0 aromatic heterocycles. The lowest BCUT2D eigenvalue weighted by molar-refractivity contribution is -0.238. The molecule has 9 atom stereocenters. The summed E-state index contributed by atoms with van der Waals surface area (Å²) in [6, 6.07) is 0. The van der Waals surface area contributed by atoms with Crippen molar-refractivity contribution in [1.82, 2.24) is 0 Å². The van der Waals surface area contributed by atoms with Crippen molar-refractivity contribution < 1.29 is 9.90 Å². The maximum atomic E-state index is 13.0. The van der Waals surface area contributed by atoms with Gasteiger partial charge in [-0.15, -0.1) is 0 Å². The van der Waals surface area contributed by atoms with Crippen molar-refractivity contribution in [2.45, 2.75) is 126 Å². The van der Waals surface area contributed by atoms with Crippen LogP contribution in [0.4, 0.5) is 0 Å². The van der Waals surface area contributed by atoms with Crippen molar-refractivity contribution in [2.24, 2.45) is 56.2 Å². The zero-order valence-corrected chi connectivity index (χ0v) is 22.3. The summed E-state index contributed by atoms with van der Waals surface area (Å²) in [5, 5.41) is 10.9. The zero-order chi connectivity index (χ0) is 23.5. The Morgan fingerprint density at radius 2 is 1.16 bits per heavy atom. The van der Waals surface area contributed by atoms with Crippen LogP contribution in [0.2, 0.25) is 0 Å². The molecule has 0 aromatic carbocycles. The molecule has 0 saturated heterocycles. The molecule has 5 aliphatic carbocycles. The summed E-state index contributed by atoms with van der Waals surface area (Å²) in [5.41, 5.74) is 1.48. The van der Waals surface area contributed by atoms with Gasteiger partial charge >= 0.3 is 0 Å². The predicted octanol–water partition coefficient (Wildman–Crippen LogP) is 7.43. The molecule has 0 spiro atoms. The van der Waals surface area contributed by atoms with E-state index in [-0.39, 0.29) is 11.2 Å². The molecule has 182 valence electrons. The first-order valence-corrected chi connectivity index (χ1v) is 13.8. The van der Waals surface area contributed by atoms with Crippen LogP contribution < -0.4 is 0 Å². The quantitative estimate of drug-likeness (QED) is 0.423. The Kier molecular flexibility index (Phi) is 4.85. The van der Waals surface area contributed by atoms with Crippen LogP contribution in [-0.2, 0) is 4.79 Å². The van der Waals surface area contributed by atoms with E-state index in [1.807, 2.05) is 0 Å². The van der Waals surface area contributed by atoms with Crippen LogP contribution in [0.5, 0.6) is 0 Å². The highest BCUT2D eigenvalue weighted by Gasteiger charge is 2.69. The Morgan fingerprint density at radius 1 is 0.625 bits per heavy atom. The van der Waals surface area contributed by atoms with Crippen molar-refractivity contribution in [3.05, 3.63) is 0 Å². The lowest BCUT2D eigenvalue weighted by atomic mass is 9.32. The van der Waals surface area contributed by atoms with E-state index in [4.69, 9.17) is 0 Å². The summed E-state index contributed by atoms with van der Waals surface area (Å²) < 4.78 is 0. The normalized spacial score (nSPS) is 56.4. The molecule has 2 heteroatoms. The van der Waals surface area contributed by atoms with Gasteiger partial charge in [-0.3, -0.25) is 4.79 Å². The lowest BCUT2D eigenvalue weighted by Crippen LogP contribution is -2.67. The fraction of sp³-hybridized carbons (Fsp3) is 0.967. The van der Waals surface area contributed by atoms with Crippen LogP contribution in [0, 0.1) is 56.2 Å². The summed E-state index contributed by atoms with van der Waals surface area (Å²) in [6.45, 7) is 19.7. The highest BCUT2D eigenvalue weighted by Crippen LogP contribution is 2.76. The highest BCUT2D eigenvalue weighted by molar-refractivity contribution is 5.89. The van der Waals surface area contributed by atoms with E-state index in [0.717, 1.165) is 18.3 Å². The highest BCUT2D eigenvalue weighted by atomic mass is 16.3. The standard InChI is InChI=1S/C30H50O2/c1-25(2)15-16-27(5)12-9-21-28(6)13-10-20-26(3,4)24(32)19(31)17-30(20,8)22(28)11-14-29(21,7)23(27)18-25/h19-23,31H,9-18H2,1-8H3/t19-,20-,21+,22-,23-,27+,28+,29-,30+/m0/s1. The first-order chi connectivity index (χ1) is 14.6. The minimum absolute atomic E-state index is 0.0811. The monoisotopic (exact) mass is 442 g/mol. The second kappa shape index (κ2) is 6.64. The molecule has 0 amide bonds. The molecule has 0 unspecified atom stereocenters. The van der Waals surface area contributed by atoms with E-state index in [9.17, 15) is 9.90 Å². The van der Waals surface area contributed by atoms with E-state index in [2.05, 4.69) is 55.4 Å². The Labute approximate surface area is 197 Å². The van der Waals surface area contributed by atoms with Gasteiger partial charge in [0.2, 0.25) is 0 Å². The third-order valence-electron chi connectivity index (χ3n) is 13.1. The van der Waals surface area contributed by atoms with Gasteiger partial charge in [0.1, 0.15) is 6.10 Å². The lowest BCUT2D eigenvalue weighted by Gasteiger charge is -2.72. The molecule has 0 heterocycles. The number of Topliss-reactive ketones (excluding diaryl/α,β-unsaturated/α-hetero) is 1. The largest absolute Gasteiger partial charge is 0.385 e. The molecule has 5 rings (SSSR count). The second-order valence-corrected chi connectivity index (χ2v) is 15.7. The topological polar surface area (TPSA) is 37.3 Å². The molecule has 5 fully saturated rings. The number of ketones is 1. The minimum Gasteiger partial charge on any atom is -0.385 e. The van der Waals surface area contributed by atoms with Crippen LogP contribution in [0.3, 0.4) is 0 Å². The Hall–Kier alpha value is -0.370. The van der Waals surface area contributed by atoms with Gasteiger partial charge in [-0.1, -0.05) is 55.4 Å². The van der Waals surface area contributed by atoms with Gasteiger partial charge in [0.25, 0.3) is 0 Å². The predicted molar refractivity (Wildman–Crippen MR) is 131 cm³/mol. The van der Waals surface area contributed by atoms with Crippen LogP contribution in [0.25, 0.3) is 0 Å². The van der Waals surface area contributed by atoms with Gasteiger partial charge < -0.3 is 5.11 Å². The number of aliphatic hydroxyl groups is 1. The maximum absolute atomic E-state index is 13.0. The molecular formula is C30H50O2. The molecule has 0 aliphatic heterocycles. The van der Waals surface area contributed by atoms with Crippen LogP contribution in [0.1, 0.15) is 120 Å². The molecule has 32 heavy (non-hydrogen) atoms. The second-order valence-electron chi connectivity index (χ2n) is 15.7. The van der Waals surface area contributed by atoms with Crippen molar-refractivity contribution in [3.63, 3.8) is 0 Å². The van der Waals surface area contributed by atoms with Gasteiger partial charge in [-0.05, 0) is 115 Å². The number of carbonyl (C=O) groups excluding carboxylic acids is 1. The van der Waals surface area contributed by atoms with Crippen LogP contribution >= 0.6 is 0 Å². The number of fused-ring (bicyclic) bond motifs is 7. The van der Waals surface area contributed by atoms with E-state index >= 15 is 0 Å². The molecule has 0 aromatic rings. The van der Waals surface area contributed by atoms with Gasteiger partial charge in [-0.25, -0.2) is 0 Å². The molecule has 0 radical (unpaired) electrons. The summed E-state index contributed by atoms with van der Waals surface area (Å²) in [6.07, 6.45) is 12.0. The molecule has 2 nitrogen and oxygen atoms in total. The van der Waals surface area contributed by atoms with Gasteiger partial charge in [0.05, 0.1) is 0 Å². The fourth-order valence-corrected chi connectivity index (χ4v) is 11.6. The summed E-state index contributed by atoms with van der Waals surface area (Å²) >= 11 is 0. The Bertz CT molecular complexity index is 812. The fourth-order valence-electron chi connectivity index (χ4n) is 11.6. The smallest absolute Gasteiger partial charge is 0.167 e. The van der Waals surface area contributed by atoms with E-state index < -0.39 is 11.5 Å². The summed E-state index contributed by atoms with van der Waals surface area (Å²) in [5.74, 6) is 2.78. The summed E-state index contributed by atoms with van der Waals surface area (Å²) in [7, 11) is 0. The average molecular weight is 443 g/mol. The molecular weight excluding hydrogens is 392 g/mol. The van der Waals surface area contributed by atoms with Gasteiger partial charge in [-0.2, -0.15) is 0 Å². The maximum Gasteiger partial charge on any atom is 0.167 e. The number of hydrogen-bond donors (Lipinski definition) is 1. The Morgan fingerprint density at radius 3 is 1.81 bits per heavy atom. The van der Waals surface area contributed by atoms with Crippen molar-refractivity contribution >= 4 is 5.78 Å². The van der Waals surface area contributed by atoms with Crippen LogP contribution in [-0.4, -0.2) is 17.0 Å². The number of rotatable bonds is 0. The van der Waals surface area contributed by atoms with Crippen molar-refractivity contribution in [1.29, 1.82) is 0 Å². The average Bonchev–Trinajstić information content (AvgIpc) is 2.67. The number of carbonyl (C=O) groups is 1. The van der Waals surface area contributed by atoms with E-state index in [1.54, 1.807) is 0 Å². The number of hydrogen-bond acceptors (Lipinski definition) is 2. The molecule has 5 aliphatic rings. The third kappa shape index (κ3) is 2.83. The zero-order valence-electron chi connectivity index (χ0n) is 22.3. The molecule has 0 bridgehead atoms. The first-order valence-electron chi connectivity index (χ1n) is 13.8. The van der Waals surface area contributed by atoms with Crippen molar-refractivity contribution in [2.75, 3.05) is 0 Å². The first kappa shape index (κ1) is 23.4. The number of aliphatic hydroxyl groups excluding tert-OH is 1. The van der Waals surface area contributed by atoms with Crippen molar-refractivity contribution in [3.8, 4) is 0 Å². The van der Waals surface area contributed by atoms with E-state index in [0.29, 0.717) is 39.9 Å². The Balaban J connectivity index is 1.53. The van der Waals surface area contributed by atoms with E-state index in [1.165, 1.54) is 51.4 Å². The molecule has 5 saturated carbocycles. The third-order valence-corrected chi connectivity index (χ3v) is 13.1. The molecule has 1 N–H and O–H groups in total. The minimum atomic E-state index is -0.768.